The summed E-state index contributed by atoms with van der Waals surface area (Å²) < 4.78 is 1.04. The number of nitrogens with zero attached hydrogens (tertiary/aromatic N) is 2. The Labute approximate surface area is 129 Å². The molecule has 2 heterocycles. The summed E-state index contributed by atoms with van der Waals surface area (Å²) in [5, 5.41) is 10.0. The molecule has 2 aliphatic rings. The van der Waals surface area contributed by atoms with E-state index in [0.29, 0.717) is 6.04 Å². The van der Waals surface area contributed by atoms with Crippen molar-refractivity contribution in [2.45, 2.75) is 38.3 Å². The summed E-state index contributed by atoms with van der Waals surface area (Å²) in [6.45, 7) is 6.43. The van der Waals surface area contributed by atoms with Gasteiger partial charge in [0, 0.05) is 41.4 Å². The van der Waals surface area contributed by atoms with Gasteiger partial charge < -0.3 is 10.0 Å². The summed E-state index contributed by atoms with van der Waals surface area (Å²) in [4.78, 5) is 5.10. The lowest BCUT2D eigenvalue weighted by molar-refractivity contribution is 0.133. The highest BCUT2D eigenvalue weighted by Crippen LogP contribution is 2.32. The third-order valence-corrected chi connectivity index (χ3v) is 5.11. The van der Waals surface area contributed by atoms with Crippen molar-refractivity contribution in [3.05, 3.63) is 28.2 Å². The van der Waals surface area contributed by atoms with E-state index in [-0.39, 0.29) is 0 Å². The number of anilines is 1. The predicted octanol–water partition coefficient (Wildman–Crippen LogP) is 3.18. The lowest BCUT2D eigenvalue weighted by atomic mass is 9.98. The van der Waals surface area contributed by atoms with Crippen molar-refractivity contribution in [1.29, 1.82) is 0 Å². The molecule has 1 aromatic rings. The van der Waals surface area contributed by atoms with Crippen molar-refractivity contribution in [3.63, 3.8) is 0 Å². The molecule has 0 spiro atoms. The number of halogens is 1. The topological polar surface area (TPSA) is 26.7 Å². The van der Waals surface area contributed by atoms with Crippen molar-refractivity contribution in [2.24, 2.45) is 0 Å². The first kappa shape index (κ1) is 14.4. The highest BCUT2D eigenvalue weighted by atomic mass is 79.9. The second-order valence-corrected chi connectivity index (χ2v) is 6.93. The second-order valence-electron chi connectivity index (χ2n) is 6.01. The van der Waals surface area contributed by atoms with E-state index >= 15 is 0 Å². The Kier molecular flexibility index (Phi) is 4.34. The number of hydrogen-bond acceptors (Lipinski definition) is 3. The minimum absolute atomic E-state index is 0.424. The molecule has 2 saturated heterocycles. The average Bonchev–Trinajstić information content (AvgIpc) is 2.46. The molecule has 20 heavy (non-hydrogen) atoms. The van der Waals surface area contributed by atoms with E-state index in [1.807, 2.05) is 13.0 Å². The van der Waals surface area contributed by atoms with Crippen LogP contribution in [-0.2, 0) is 0 Å². The molecular weight excluding hydrogens is 316 g/mol. The number of aliphatic hydroxyl groups is 1. The Morgan fingerprint density at radius 1 is 1.25 bits per heavy atom. The zero-order valence-electron chi connectivity index (χ0n) is 12.1. The van der Waals surface area contributed by atoms with Gasteiger partial charge in [-0.05, 0) is 44.5 Å². The van der Waals surface area contributed by atoms with Crippen LogP contribution in [0.15, 0.2) is 22.7 Å². The fraction of sp³-hybridized carbons (Fsp3) is 0.625. The molecule has 0 aliphatic carbocycles. The van der Waals surface area contributed by atoms with Crippen molar-refractivity contribution < 1.29 is 5.11 Å². The van der Waals surface area contributed by atoms with Crippen molar-refractivity contribution in [3.8, 4) is 0 Å². The van der Waals surface area contributed by atoms with Crippen LogP contribution in [0.3, 0.4) is 0 Å². The summed E-state index contributed by atoms with van der Waals surface area (Å²) >= 11 is 3.51. The van der Waals surface area contributed by atoms with E-state index in [4.69, 9.17) is 0 Å². The largest absolute Gasteiger partial charge is 0.389 e. The maximum absolute atomic E-state index is 10.0. The number of benzene rings is 1. The van der Waals surface area contributed by atoms with Crippen LogP contribution in [0.2, 0.25) is 0 Å². The molecular formula is C16H23BrN2O. The zero-order chi connectivity index (χ0) is 14.1. The van der Waals surface area contributed by atoms with E-state index in [9.17, 15) is 5.11 Å². The Hall–Kier alpha value is -0.580. The van der Waals surface area contributed by atoms with Crippen LogP contribution in [-0.4, -0.2) is 42.2 Å². The number of piperazine rings is 1. The Morgan fingerprint density at radius 3 is 2.90 bits per heavy atom. The maximum Gasteiger partial charge on any atom is 0.0782 e. The average molecular weight is 339 g/mol. The summed E-state index contributed by atoms with van der Waals surface area (Å²) in [6, 6.07) is 6.97. The molecule has 4 heteroatoms. The van der Waals surface area contributed by atoms with Gasteiger partial charge >= 0.3 is 0 Å². The van der Waals surface area contributed by atoms with E-state index in [1.54, 1.807) is 0 Å². The van der Waals surface area contributed by atoms with Crippen LogP contribution in [0.5, 0.6) is 0 Å². The standard InChI is InChI=1S/C16H23BrN2O/c1-12(20)15-10-13(17)5-6-16(15)19-9-8-18-7-3-2-4-14(18)11-19/h5-6,10,12,14,20H,2-4,7-9,11H2,1H3. The first-order chi connectivity index (χ1) is 9.65. The van der Waals surface area contributed by atoms with Crippen LogP contribution >= 0.6 is 15.9 Å². The smallest absolute Gasteiger partial charge is 0.0782 e. The van der Waals surface area contributed by atoms with Gasteiger partial charge in [0.05, 0.1) is 6.10 Å². The van der Waals surface area contributed by atoms with Crippen LogP contribution in [0.4, 0.5) is 5.69 Å². The van der Waals surface area contributed by atoms with Gasteiger partial charge in [0.2, 0.25) is 0 Å². The van der Waals surface area contributed by atoms with Gasteiger partial charge in [0.1, 0.15) is 0 Å². The molecule has 3 rings (SSSR count). The number of aliphatic hydroxyl groups excluding tert-OH is 1. The molecule has 0 bridgehead atoms. The SMILES string of the molecule is CC(O)c1cc(Br)ccc1N1CCN2CCCCC2C1. The summed E-state index contributed by atoms with van der Waals surface area (Å²) in [7, 11) is 0. The Balaban J connectivity index is 1.82. The lowest BCUT2D eigenvalue weighted by Crippen LogP contribution is -2.55. The van der Waals surface area contributed by atoms with Crippen LogP contribution in [0.25, 0.3) is 0 Å². The molecule has 110 valence electrons. The maximum atomic E-state index is 10.0. The van der Waals surface area contributed by atoms with Crippen molar-refractivity contribution >= 4 is 21.6 Å². The van der Waals surface area contributed by atoms with Gasteiger partial charge in [-0.3, -0.25) is 4.90 Å². The number of fused-ring (bicyclic) bond motifs is 1. The molecule has 0 radical (unpaired) electrons. The molecule has 2 unspecified atom stereocenters. The summed E-state index contributed by atoms with van der Waals surface area (Å²) in [5.41, 5.74) is 2.23. The highest BCUT2D eigenvalue weighted by molar-refractivity contribution is 9.10. The van der Waals surface area contributed by atoms with Crippen LogP contribution < -0.4 is 4.90 Å². The van der Waals surface area contributed by atoms with Gasteiger partial charge in [-0.15, -0.1) is 0 Å². The molecule has 0 aromatic heterocycles. The van der Waals surface area contributed by atoms with E-state index < -0.39 is 6.10 Å². The lowest BCUT2D eigenvalue weighted by Gasteiger charge is -2.45. The van der Waals surface area contributed by atoms with Crippen LogP contribution in [0.1, 0.15) is 37.9 Å². The van der Waals surface area contributed by atoms with Gasteiger partial charge in [-0.2, -0.15) is 0 Å². The Morgan fingerprint density at radius 2 is 2.10 bits per heavy atom. The van der Waals surface area contributed by atoms with E-state index in [2.05, 4.69) is 37.9 Å². The number of rotatable bonds is 2. The molecule has 2 aliphatic heterocycles. The molecule has 0 amide bonds. The van der Waals surface area contributed by atoms with E-state index in [0.717, 1.165) is 29.7 Å². The fourth-order valence-electron chi connectivity index (χ4n) is 3.52. The third-order valence-electron chi connectivity index (χ3n) is 4.62. The first-order valence-electron chi connectivity index (χ1n) is 7.61. The molecule has 3 nitrogen and oxygen atoms in total. The molecule has 1 aromatic carbocycles. The van der Waals surface area contributed by atoms with E-state index in [1.165, 1.54) is 31.5 Å². The van der Waals surface area contributed by atoms with Gasteiger partial charge in [-0.25, -0.2) is 0 Å². The Bertz CT molecular complexity index is 478. The predicted molar refractivity (Wildman–Crippen MR) is 86.2 cm³/mol. The number of hydrogen-bond donors (Lipinski definition) is 1. The minimum atomic E-state index is -0.424. The number of piperidine rings is 1. The summed E-state index contributed by atoms with van der Waals surface area (Å²) in [5.74, 6) is 0. The quantitative estimate of drug-likeness (QED) is 0.897. The van der Waals surface area contributed by atoms with Crippen molar-refractivity contribution in [1.82, 2.24) is 4.90 Å². The normalized spacial score (nSPS) is 25.4. The third kappa shape index (κ3) is 2.87. The fourth-order valence-corrected chi connectivity index (χ4v) is 3.90. The minimum Gasteiger partial charge on any atom is -0.389 e. The van der Waals surface area contributed by atoms with Gasteiger partial charge in [0.25, 0.3) is 0 Å². The monoisotopic (exact) mass is 338 g/mol. The molecule has 2 atom stereocenters. The molecule has 1 N–H and O–H groups in total. The first-order valence-corrected chi connectivity index (χ1v) is 8.41. The van der Waals surface area contributed by atoms with Gasteiger partial charge in [0.15, 0.2) is 0 Å². The molecule has 2 fully saturated rings. The molecule has 0 saturated carbocycles. The summed E-state index contributed by atoms with van der Waals surface area (Å²) in [6.07, 6.45) is 3.61. The zero-order valence-corrected chi connectivity index (χ0v) is 13.6. The second kappa shape index (κ2) is 6.04. The van der Waals surface area contributed by atoms with Gasteiger partial charge in [-0.1, -0.05) is 22.4 Å². The van der Waals surface area contributed by atoms with Crippen LogP contribution in [0, 0.1) is 0 Å². The van der Waals surface area contributed by atoms with Crippen molar-refractivity contribution in [2.75, 3.05) is 31.1 Å². The highest BCUT2D eigenvalue weighted by Gasteiger charge is 2.30.